The lowest BCUT2D eigenvalue weighted by Gasteiger charge is -2.19. The van der Waals surface area contributed by atoms with E-state index in [0.717, 1.165) is 0 Å². The Balaban J connectivity index is 2.87. The highest BCUT2D eigenvalue weighted by Crippen LogP contribution is 2.40. The molecule has 0 aromatic carbocycles. The Kier molecular flexibility index (Phi) is 1.93. The molecule has 1 atom stereocenters. The predicted molar refractivity (Wildman–Crippen MR) is 40.9 cm³/mol. The molecule has 1 heterocycles. The zero-order valence-corrected chi connectivity index (χ0v) is 7.48. The number of hydrogen-bond donors (Lipinski definition) is 0. The van der Waals surface area contributed by atoms with Gasteiger partial charge in [-0.1, -0.05) is 18.4 Å². The number of carbonyl (C=O) groups is 2. The van der Waals surface area contributed by atoms with Crippen LogP contribution in [0.15, 0.2) is 0 Å². The Morgan fingerprint density at radius 3 is 2.36 bits per heavy atom. The first-order valence-electron chi connectivity index (χ1n) is 3.44. The van der Waals surface area contributed by atoms with Crippen molar-refractivity contribution < 1.29 is 14.2 Å². The number of hydrogen-bond acceptors (Lipinski definition) is 3. The predicted octanol–water partition coefficient (Wildman–Crippen LogP) is 1.34. The second kappa shape index (κ2) is 2.49. The second-order valence-electron chi connectivity index (χ2n) is 3.61. The molecule has 1 rings (SSSR count). The van der Waals surface area contributed by atoms with E-state index in [2.05, 4.69) is 0 Å². The van der Waals surface area contributed by atoms with E-state index in [-0.39, 0.29) is 11.8 Å². The maximum absolute atomic E-state index is 11.0. The summed E-state index contributed by atoms with van der Waals surface area (Å²) in [5, 5.41) is 0. The first-order valence-corrected chi connectivity index (χ1v) is 4.89. The molecule has 0 amide bonds. The summed E-state index contributed by atoms with van der Waals surface area (Å²) >= 11 is 0. The van der Waals surface area contributed by atoms with Crippen molar-refractivity contribution in [2.24, 2.45) is 5.41 Å². The van der Waals surface area contributed by atoms with Gasteiger partial charge in [-0.05, 0) is 0 Å². The summed E-state index contributed by atoms with van der Waals surface area (Å²) in [6, 6.07) is 0. The maximum Gasteiger partial charge on any atom is 0.430 e. The molecule has 4 heteroatoms. The highest BCUT2D eigenvalue weighted by molar-refractivity contribution is 7.67. The van der Waals surface area contributed by atoms with Crippen LogP contribution in [0.3, 0.4) is 0 Å². The quantitative estimate of drug-likeness (QED) is 0.410. The molecule has 0 spiro atoms. The van der Waals surface area contributed by atoms with Crippen molar-refractivity contribution >= 4 is 19.1 Å². The molecule has 1 aliphatic heterocycles. The average Bonchev–Trinajstić information content (AvgIpc) is 1.81. The Bertz CT molecular complexity index is 220. The van der Waals surface area contributed by atoms with Gasteiger partial charge in [-0.2, -0.15) is 0 Å². The van der Waals surface area contributed by atoms with Crippen molar-refractivity contribution in [3.63, 3.8) is 0 Å². The lowest BCUT2D eigenvalue weighted by Crippen LogP contribution is -2.29. The Labute approximate surface area is 66.0 Å². The molecule has 0 N–H and O–H groups in total. The summed E-state index contributed by atoms with van der Waals surface area (Å²) in [6.45, 7) is 3.70. The Hall–Kier alpha value is -0.560. The first kappa shape index (κ1) is 8.54. The van der Waals surface area contributed by atoms with Gasteiger partial charge in [0.15, 0.2) is 6.16 Å². The Morgan fingerprint density at radius 2 is 1.91 bits per heavy atom. The van der Waals surface area contributed by atoms with Gasteiger partial charge in [-0.15, -0.1) is 0 Å². The third kappa shape index (κ3) is 1.72. The molecular formula is C7H10O3P+. The molecule has 0 radical (unpaired) electrons. The third-order valence-electron chi connectivity index (χ3n) is 1.68. The number of Topliss-reactive ketones (excluding diaryl/α,β-unsaturated/α-hetero) is 1. The van der Waals surface area contributed by atoms with E-state index in [1.807, 2.05) is 13.8 Å². The van der Waals surface area contributed by atoms with E-state index >= 15 is 0 Å². The van der Waals surface area contributed by atoms with Crippen LogP contribution in [-0.2, 0) is 14.2 Å². The number of rotatable bonds is 0. The van der Waals surface area contributed by atoms with Gasteiger partial charge < -0.3 is 0 Å². The molecule has 0 aromatic rings. The van der Waals surface area contributed by atoms with E-state index in [9.17, 15) is 14.2 Å². The van der Waals surface area contributed by atoms with Crippen LogP contribution in [0.2, 0.25) is 0 Å². The molecule has 0 bridgehead atoms. The monoisotopic (exact) mass is 173 g/mol. The van der Waals surface area contributed by atoms with Crippen molar-refractivity contribution in [2.45, 2.75) is 20.3 Å². The van der Waals surface area contributed by atoms with Crippen LogP contribution < -0.4 is 0 Å². The molecule has 60 valence electrons. The molecular weight excluding hydrogens is 163 g/mol. The number of carbonyl (C=O) groups excluding carboxylic acids is 2. The summed E-state index contributed by atoms with van der Waals surface area (Å²) < 4.78 is 11.0. The molecule has 1 fully saturated rings. The Morgan fingerprint density at radius 1 is 1.36 bits per heavy atom. The minimum Gasteiger partial charge on any atom is -0.286 e. The van der Waals surface area contributed by atoms with Gasteiger partial charge in [-0.3, -0.25) is 4.79 Å². The van der Waals surface area contributed by atoms with E-state index in [1.165, 1.54) is 0 Å². The van der Waals surface area contributed by atoms with Crippen molar-refractivity contribution in [3.05, 3.63) is 0 Å². The van der Waals surface area contributed by atoms with Crippen LogP contribution in [0.5, 0.6) is 0 Å². The minimum absolute atomic E-state index is 0.243. The zero-order chi connectivity index (χ0) is 8.65. The van der Waals surface area contributed by atoms with E-state index in [4.69, 9.17) is 0 Å². The van der Waals surface area contributed by atoms with Crippen LogP contribution in [0, 0.1) is 5.41 Å². The zero-order valence-electron chi connectivity index (χ0n) is 6.59. The van der Waals surface area contributed by atoms with Crippen molar-refractivity contribution in [1.29, 1.82) is 0 Å². The van der Waals surface area contributed by atoms with Gasteiger partial charge in [0.1, 0.15) is 0 Å². The highest BCUT2D eigenvalue weighted by atomic mass is 31.1. The number of ketones is 1. The van der Waals surface area contributed by atoms with E-state index in [1.54, 1.807) is 0 Å². The van der Waals surface area contributed by atoms with Crippen LogP contribution in [0.4, 0.5) is 0 Å². The van der Waals surface area contributed by atoms with Crippen LogP contribution in [-0.4, -0.2) is 17.5 Å². The SMILES string of the molecule is CC1(C)CC(=O)C(=O)[P+](=O)C1. The molecule has 11 heavy (non-hydrogen) atoms. The standard InChI is InChI=1S/C7H10O3P/c1-7(2)3-5(8)6(9)11(10)4-7/h3-4H2,1-2H3/q+1. The van der Waals surface area contributed by atoms with E-state index in [0.29, 0.717) is 6.16 Å². The van der Waals surface area contributed by atoms with Crippen molar-refractivity contribution in [2.75, 3.05) is 6.16 Å². The molecule has 0 saturated carbocycles. The van der Waals surface area contributed by atoms with Gasteiger partial charge >= 0.3 is 13.3 Å². The first-order chi connectivity index (χ1) is 4.92. The normalized spacial score (nSPS) is 27.3. The van der Waals surface area contributed by atoms with Gasteiger partial charge in [-0.25, -0.2) is 4.79 Å². The van der Waals surface area contributed by atoms with Gasteiger partial charge in [0.2, 0.25) is 0 Å². The summed E-state index contributed by atoms with van der Waals surface area (Å²) in [5.74, 6) is -0.470. The maximum atomic E-state index is 11.0. The third-order valence-corrected chi connectivity index (χ3v) is 3.52. The summed E-state index contributed by atoms with van der Waals surface area (Å²) in [4.78, 5) is 21.7. The topological polar surface area (TPSA) is 51.2 Å². The average molecular weight is 173 g/mol. The summed E-state index contributed by atoms with van der Waals surface area (Å²) in [5.41, 5.74) is -0.919. The largest absolute Gasteiger partial charge is 0.430 e. The van der Waals surface area contributed by atoms with E-state index < -0.39 is 19.1 Å². The second-order valence-corrected chi connectivity index (χ2v) is 5.09. The molecule has 1 saturated heterocycles. The van der Waals surface area contributed by atoms with Gasteiger partial charge in [0, 0.05) is 11.8 Å². The van der Waals surface area contributed by atoms with Gasteiger partial charge in [0.05, 0.1) is 0 Å². The smallest absolute Gasteiger partial charge is 0.286 e. The van der Waals surface area contributed by atoms with Crippen LogP contribution >= 0.6 is 7.80 Å². The molecule has 0 aromatic heterocycles. The molecule has 3 nitrogen and oxygen atoms in total. The minimum atomic E-state index is -1.92. The van der Waals surface area contributed by atoms with Crippen molar-refractivity contribution in [1.82, 2.24) is 0 Å². The van der Waals surface area contributed by atoms with Crippen LogP contribution in [0.1, 0.15) is 20.3 Å². The molecule has 1 unspecified atom stereocenters. The fourth-order valence-corrected chi connectivity index (χ4v) is 2.56. The molecule has 0 aliphatic carbocycles. The van der Waals surface area contributed by atoms with Gasteiger partial charge in [0.25, 0.3) is 5.78 Å². The molecule has 1 aliphatic rings. The fourth-order valence-electron chi connectivity index (χ4n) is 1.17. The highest BCUT2D eigenvalue weighted by Gasteiger charge is 2.48. The lowest BCUT2D eigenvalue weighted by molar-refractivity contribution is -0.133. The fraction of sp³-hybridized carbons (Fsp3) is 0.714. The van der Waals surface area contributed by atoms with Crippen LogP contribution in [0.25, 0.3) is 0 Å². The van der Waals surface area contributed by atoms with Crippen molar-refractivity contribution in [3.8, 4) is 0 Å². The summed E-state index contributed by atoms with van der Waals surface area (Å²) in [6.07, 6.45) is 0.597. The lowest BCUT2D eigenvalue weighted by atomic mass is 9.89. The summed E-state index contributed by atoms with van der Waals surface area (Å²) in [7, 11) is -1.92.